The van der Waals surface area contributed by atoms with Crippen LogP contribution in [0, 0.1) is 0 Å². The number of nitrogens with zero attached hydrogens (tertiary/aromatic N) is 3. The first-order valence-electron chi connectivity index (χ1n) is 8.50. The van der Waals surface area contributed by atoms with Gasteiger partial charge in [-0.3, -0.25) is 4.79 Å². The van der Waals surface area contributed by atoms with Crippen molar-refractivity contribution in [2.24, 2.45) is 5.73 Å². The third-order valence-electron chi connectivity index (χ3n) is 4.71. The molecule has 1 aliphatic heterocycles. The third-order valence-corrected chi connectivity index (χ3v) is 4.71. The van der Waals surface area contributed by atoms with Crippen molar-refractivity contribution in [1.29, 1.82) is 0 Å². The lowest BCUT2D eigenvalue weighted by Gasteiger charge is -2.19. The normalized spacial score (nSPS) is 18.0. The Bertz CT molecular complexity index is 696. The third kappa shape index (κ3) is 3.66. The largest absolute Gasteiger partial charge is 0.352 e. The van der Waals surface area contributed by atoms with Gasteiger partial charge in [0.2, 0.25) is 0 Å². The number of para-hydroxylation sites is 1. The molecule has 1 aliphatic rings. The Hall–Kier alpha value is -2.18. The molecule has 2 aromatic rings. The van der Waals surface area contributed by atoms with Crippen molar-refractivity contribution in [3.8, 4) is 5.69 Å². The van der Waals surface area contributed by atoms with Gasteiger partial charge in [0, 0.05) is 25.3 Å². The van der Waals surface area contributed by atoms with Gasteiger partial charge in [0.25, 0.3) is 5.91 Å². The molecule has 0 spiro atoms. The summed E-state index contributed by atoms with van der Waals surface area (Å²) in [6.07, 6.45) is 7.02. The first-order chi connectivity index (χ1) is 11.7. The summed E-state index contributed by atoms with van der Waals surface area (Å²) >= 11 is 0. The quantitative estimate of drug-likeness (QED) is 0.844. The summed E-state index contributed by atoms with van der Waals surface area (Å²) in [5.74, 6) is -0.0470. The highest BCUT2D eigenvalue weighted by Crippen LogP contribution is 2.18. The zero-order valence-electron chi connectivity index (χ0n) is 14.1. The van der Waals surface area contributed by atoms with E-state index in [2.05, 4.69) is 22.2 Å². The predicted molar refractivity (Wildman–Crippen MR) is 94.1 cm³/mol. The minimum atomic E-state index is -0.0470. The number of carbonyl (C=O) groups excluding carboxylic acids is 1. The second-order valence-electron chi connectivity index (χ2n) is 6.31. The standard InChI is InChI=1S/C18H25N5O/c1-22-10-4-5-15(22)8-9-20-18(24)16-6-2-3-7-17(16)23-12-14(11-19)21-13-23/h2-3,6-7,12-13,15H,4-5,8-11,19H2,1H3,(H,20,24)/t15-/m1/s1. The molecule has 2 heterocycles. The molecule has 3 rings (SSSR count). The van der Waals surface area contributed by atoms with Crippen LogP contribution >= 0.6 is 0 Å². The van der Waals surface area contributed by atoms with Crippen LogP contribution in [-0.2, 0) is 6.54 Å². The minimum Gasteiger partial charge on any atom is -0.352 e. The first kappa shape index (κ1) is 16.7. The van der Waals surface area contributed by atoms with Crippen LogP contribution in [-0.4, -0.2) is 46.5 Å². The number of likely N-dealkylation sites (tertiary alicyclic amines) is 1. The molecule has 6 nitrogen and oxygen atoms in total. The number of hydrogen-bond acceptors (Lipinski definition) is 4. The number of benzene rings is 1. The van der Waals surface area contributed by atoms with Crippen molar-refractivity contribution in [1.82, 2.24) is 19.8 Å². The number of hydrogen-bond donors (Lipinski definition) is 2. The van der Waals surface area contributed by atoms with E-state index in [1.807, 2.05) is 35.0 Å². The summed E-state index contributed by atoms with van der Waals surface area (Å²) < 4.78 is 1.85. The van der Waals surface area contributed by atoms with Crippen LogP contribution in [0.1, 0.15) is 35.3 Å². The van der Waals surface area contributed by atoms with Crippen LogP contribution < -0.4 is 11.1 Å². The zero-order valence-corrected chi connectivity index (χ0v) is 14.1. The molecule has 1 aromatic carbocycles. The van der Waals surface area contributed by atoms with Gasteiger partial charge in [0.15, 0.2) is 0 Å². The lowest BCUT2D eigenvalue weighted by Crippen LogP contribution is -2.32. The van der Waals surface area contributed by atoms with Crippen molar-refractivity contribution >= 4 is 5.91 Å². The molecule has 0 radical (unpaired) electrons. The zero-order chi connectivity index (χ0) is 16.9. The maximum atomic E-state index is 12.6. The Balaban J connectivity index is 1.66. The number of amides is 1. The smallest absolute Gasteiger partial charge is 0.253 e. The Morgan fingerprint density at radius 2 is 2.25 bits per heavy atom. The molecule has 0 unspecified atom stereocenters. The van der Waals surface area contributed by atoms with E-state index in [0.717, 1.165) is 24.3 Å². The summed E-state index contributed by atoms with van der Waals surface area (Å²) in [6.45, 7) is 2.24. The number of nitrogens with one attached hydrogen (secondary N) is 1. The Morgan fingerprint density at radius 1 is 1.42 bits per heavy atom. The summed E-state index contributed by atoms with van der Waals surface area (Å²) in [6, 6.07) is 8.14. The molecule has 3 N–H and O–H groups in total. The second kappa shape index (κ2) is 7.59. The molecule has 1 amide bonds. The maximum absolute atomic E-state index is 12.6. The molecule has 128 valence electrons. The predicted octanol–water partition coefficient (Wildman–Crippen LogP) is 1.55. The van der Waals surface area contributed by atoms with E-state index in [0.29, 0.717) is 24.7 Å². The minimum absolute atomic E-state index is 0.0470. The van der Waals surface area contributed by atoms with Crippen LogP contribution in [0.4, 0.5) is 0 Å². The lowest BCUT2D eigenvalue weighted by atomic mass is 10.1. The van der Waals surface area contributed by atoms with Crippen LogP contribution in [0.5, 0.6) is 0 Å². The average Bonchev–Trinajstić information content (AvgIpc) is 3.24. The SMILES string of the molecule is CN1CCC[C@@H]1CCNC(=O)c1ccccc1-n1cnc(CN)c1. The van der Waals surface area contributed by atoms with Crippen molar-refractivity contribution in [3.63, 3.8) is 0 Å². The fourth-order valence-electron chi connectivity index (χ4n) is 3.28. The van der Waals surface area contributed by atoms with Crippen LogP contribution in [0.3, 0.4) is 0 Å². The van der Waals surface area contributed by atoms with Crippen LogP contribution in [0.2, 0.25) is 0 Å². The molecule has 1 aromatic heterocycles. The summed E-state index contributed by atoms with van der Waals surface area (Å²) in [5.41, 5.74) is 7.89. The Morgan fingerprint density at radius 3 is 2.96 bits per heavy atom. The van der Waals surface area contributed by atoms with Gasteiger partial charge in [-0.2, -0.15) is 0 Å². The molecular weight excluding hydrogens is 302 g/mol. The lowest BCUT2D eigenvalue weighted by molar-refractivity contribution is 0.0950. The highest BCUT2D eigenvalue weighted by Gasteiger charge is 2.20. The van der Waals surface area contributed by atoms with Gasteiger partial charge in [-0.1, -0.05) is 12.1 Å². The van der Waals surface area contributed by atoms with Gasteiger partial charge in [-0.15, -0.1) is 0 Å². The van der Waals surface area contributed by atoms with Gasteiger partial charge in [-0.25, -0.2) is 4.98 Å². The molecule has 1 fully saturated rings. The van der Waals surface area contributed by atoms with E-state index in [-0.39, 0.29) is 5.91 Å². The van der Waals surface area contributed by atoms with Crippen molar-refractivity contribution in [3.05, 3.63) is 48.0 Å². The van der Waals surface area contributed by atoms with Gasteiger partial charge >= 0.3 is 0 Å². The molecule has 1 atom stereocenters. The fraction of sp³-hybridized carbons (Fsp3) is 0.444. The molecule has 0 aliphatic carbocycles. The van der Waals surface area contributed by atoms with Crippen molar-refractivity contribution in [2.45, 2.75) is 31.8 Å². The van der Waals surface area contributed by atoms with E-state index in [4.69, 9.17) is 5.73 Å². The number of rotatable bonds is 6. The van der Waals surface area contributed by atoms with Crippen molar-refractivity contribution in [2.75, 3.05) is 20.1 Å². The molecule has 1 saturated heterocycles. The Kier molecular flexibility index (Phi) is 5.27. The van der Waals surface area contributed by atoms with Gasteiger partial charge in [0.05, 0.1) is 23.3 Å². The molecule has 6 heteroatoms. The van der Waals surface area contributed by atoms with E-state index >= 15 is 0 Å². The monoisotopic (exact) mass is 327 g/mol. The van der Waals surface area contributed by atoms with E-state index in [1.165, 1.54) is 12.8 Å². The van der Waals surface area contributed by atoms with Crippen LogP contribution in [0.15, 0.2) is 36.8 Å². The van der Waals surface area contributed by atoms with E-state index in [9.17, 15) is 4.79 Å². The molecule has 0 saturated carbocycles. The molecule has 24 heavy (non-hydrogen) atoms. The van der Waals surface area contributed by atoms with Crippen molar-refractivity contribution < 1.29 is 4.79 Å². The summed E-state index contributed by atoms with van der Waals surface area (Å²) in [5, 5.41) is 3.05. The van der Waals surface area contributed by atoms with Gasteiger partial charge in [-0.05, 0) is 45.0 Å². The summed E-state index contributed by atoms with van der Waals surface area (Å²) in [4.78, 5) is 19.2. The second-order valence-corrected chi connectivity index (χ2v) is 6.31. The van der Waals surface area contributed by atoms with E-state index < -0.39 is 0 Å². The Labute approximate surface area is 142 Å². The molecule has 0 bridgehead atoms. The number of carbonyl (C=O) groups is 1. The maximum Gasteiger partial charge on any atom is 0.253 e. The summed E-state index contributed by atoms with van der Waals surface area (Å²) in [7, 11) is 2.16. The van der Waals surface area contributed by atoms with Gasteiger partial charge < -0.3 is 20.5 Å². The molecular formula is C18H25N5O. The first-order valence-corrected chi connectivity index (χ1v) is 8.50. The average molecular weight is 327 g/mol. The topological polar surface area (TPSA) is 76.2 Å². The highest BCUT2D eigenvalue weighted by atomic mass is 16.1. The van der Waals surface area contributed by atoms with Crippen LogP contribution in [0.25, 0.3) is 5.69 Å². The fourth-order valence-corrected chi connectivity index (χ4v) is 3.28. The highest BCUT2D eigenvalue weighted by molar-refractivity contribution is 5.97. The number of nitrogens with two attached hydrogens (primary N) is 1. The van der Waals surface area contributed by atoms with Gasteiger partial charge in [0.1, 0.15) is 0 Å². The number of aromatic nitrogens is 2. The number of imidazole rings is 1. The van der Waals surface area contributed by atoms with E-state index in [1.54, 1.807) is 6.33 Å².